The molecule has 6 heteroatoms. The van der Waals surface area contributed by atoms with Gasteiger partial charge >= 0.3 is 6.18 Å². The highest BCUT2D eigenvalue weighted by atomic mass is 19.4. The molecule has 0 fully saturated rings. The van der Waals surface area contributed by atoms with Crippen LogP contribution in [-0.2, 0) is 6.18 Å². The first-order valence-electron chi connectivity index (χ1n) is 4.34. The largest absolute Gasteiger partial charge is 0.433 e. The molecular formula is C9H11F3N2O. The van der Waals surface area contributed by atoms with Crippen LogP contribution in [-0.4, -0.2) is 23.2 Å². The number of hydrogen-bond donors (Lipinski definition) is 2. The van der Waals surface area contributed by atoms with Crippen LogP contribution in [0.3, 0.4) is 0 Å². The minimum absolute atomic E-state index is 0.0603. The number of hydrogen-bond acceptors (Lipinski definition) is 3. The Kier molecular flexibility index (Phi) is 3.65. The SMILES string of the molecule is NCC(CO)c1cccc(C(F)(F)F)n1. The summed E-state index contributed by atoms with van der Waals surface area (Å²) in [6, 6.07) is 3.56. The predicted molar refractivity (Wildman–Crippen MR) is 48.1 cm³/mol. The first-order chi connectivity index (χ1) is 6.99. The van der Waals surface area contributed by atoms with Gasteiger partial charge in [-0.15, -0.1) is 0 Å². The maximum Gasteiger partial charge on any atom is 0.433 e. The quantitative estimate of drug-likeness (QED) is 0.802. The standard InChI is InChI=1S/C9H11F3N2O/c10-9(11,12)8-3-1-2-7(14-8)6(4-13)5-15/h1-3,6,15H,4-5,13H2. The third-order valence-corrected chi connectivity index (χ3v) is 1.98. The molecule has 0 aliphatic rings. The average Bonchev–Trinajstić information content (AvgIpc) is 2.19. The molecule has 15 heavy (non-hydrogen) atoms. The van der Waals surface area contributed by atoms with Crippen molar-refractivity contribution in [1.29, 1.82) is 0 Å². The van der Waals surface area contributed by atoms with Crippen LogP contribution in [0.15, 0.2) is 18.2 Å². The number of aromatic nitrogens is 1. The molecule has 1 unspecified atom stereocenters. The number of halogens is 3. The molecule has 3 N–H and O–H groups in total. The Morgan fingerprint density at radius 1 is 1.40 bits per heavy atom. The van der Waals surface area contributed by atoms with Gasteiger partial charge in [0, 0.05) is 18.2 Å². The van der Waals surface area contributed by atoms with E-state index in [1.165, 1.54) is 12.1 Å². The molecule has 0 saturated carbocycles. The van der Waals surface area contributed by atoms with Crippen LogP contribution in [0.25, 0.3) is 0 Å². The predicted octanol–water partition coefficient (Wildman–Crippen LogP) is 1.13. The Morgan fingerprint density at radius 2 is 2.07 bits per heavy atom. The average molecular weight is 220 g/mol. The molecule has 0 spiro atoms. The van der Waals surface area contributed by atoms with E-state index < -0.39 is 17.8 Å². The second-order valence-corrected chi connectivity index (χ2v) is 3.06. The summed E-state index contributed by atoms with van der Waals surface area (Å²) in [6.07, 6.45) is -4.47. The fraction of sp³-hybridized carbons (Fsp3) is 0.444. The highest BCUT2D eigenvalue weighted by Gasteiger charge is 2.32. The van der Waals surface area contributed by atoms with Gasteiger partial charge in [0.05, 0.1) is 6.61 Å². The van der Waals surface area contributed by atoms with Gasteiger partial charge in [-0.05, 0) is 12.1 Å². The van der Waals surface area contributed by atoms with Crippen molar-refractivity contribution in [2.75, 3.05) is 13.2 Å². The number of aliphatic hydroxyl groups excluding tert-OH is 1. The van der Waals surface area contributed by atoms with Gasteiger partial charge in [0.1, 0.15) is 5.69 Å². The van der Waals surface area contributed by atoms with Crippen LogP contribution in [0.1, 0.15) is 17.3 Å². The lowest BCUT2D eigenvalue weighted by atomic mass is 10.1. The van der Waals surface area contributed by atoms with Crippen molar-refractivity contribution in [3.8, 4) is 0 Å². The molecular weight excluding hydrogens is 209 g/mol. The van der Waals surface area contributed by atoms with Crippen molar-refractivity contribution in [2.24, 2.45) is 5.73 Å². The Hall–Kier alpha value is -1.14. The third kappa shape index (κ3) is 2.90. The zero-order valence-corrected chi connectivity index (χ0v) is 7.83. The van der Waals surface area contributed by atoms with Crippen molar-refractivity contribution in [2.45, 2.75) is 12.1 Å². The molecule has 1 aromatic heterocycles. The summed E-state index contributed by atoms with van der Waals surface area (Å²) in [5, 5.41) is 8.87. The summed E-state index contributed by atoms with van der Waals surface area (Å²) >= 11 is 0. The molecule has 0 aliphatic carbocycles. The molecule has 84 valence electrons. The van der Waals surface area contributed by atoms with Crippen LogP contribution >= 0.6 is 0 Å². The molecule has 0 bridgehead atoms. The van der Waals surface area contributed by atoms with Gasteiger partial charge in [-0.3, -0.25) is 0 Å². The van der Waals surface area contributed by atoms with E-state index in [0.717, 1.165) is 6.07 Å². The van der Waals surface area contributed by atoms with E-state index in [1.54, 1.807) is 0 Å². The van der Waals surface area contributed by atoms with E-state index in [-0.39, 0.29) is 18.8 Å². The molecule has 1 rings (SSSR count). The minimum Gasteiger partial charge on any atom is -0.396 e. The van der Waals surface area contributed by atoms with Crippen molar-refractivity contribution in [3.05, 3.63) is 29.6 Å². The fourth-order valence-corrected chi connectivity index (χ4v) is 1.13. The molecule has 0 amide bonds. The van der Waals surface area contributed by atoms with Gasteiger partial charge in [0.2, 0.25) is 0 Å². The highest BCUT2D eigenvalue weighted by molar-refractivity contribution is 5.17. The Morgan fingerprint density at radius 3 is 2.53 bits per heavy atom. The third-order valence-electron chi connectivity index (χ3n) is 1.98. The van der Waals surface area contributed by atoms with Crippen LogP contribution < -0.4 is 5.73 Å². The first kappa shape index (κ1) is 11.9. The summed E-state index contributed by atoms with van der Waals surface area (Å²) in [7, 11) is 0. The molecule has 3 nitrogen and oxygen atoms in total. The van der Waals surface area contributed by atoms with Crippen LogP contribution in [0, 0.1) is 0 Å². The number of nitrogens with zero attached hydrogens (tertiary/aromatic N) is 1. The summed E-state index contributed by atoms with van der Waals surface area (Å²) in [6.45, 7) is -0.254. The normalized spacial score (nSPS) is 13.9. The lowest BCUT2D eigenvalue weighted by Gasteiger charge is -2.13. The molecule has 1 heterocycles. The van der Waals surface area contributed by atoms with Crippen molar-refractivity contribution < 1.29 is 18.3 Å². The second-order valence-electron chi connectivity index (χ2n) is 3.06. The summed E-state index contributed by atoms with van der Waals surface area (Å²) in [5.74, 6) is -0.549. The number of aliphatic hydroxyl groups is 1. The van der Waals surface area contributed by atoms with E-state index in [4.69, 9.17) is 10.8 Å². The van der Waals surface area contributed by atoms with Crippen molar-refractivity contribution in [3.63, 3.8) is 0 Å². The van der Waals surface area contributed by atoms with Gasteiger partial charge < -0.3 is 10.8 Å². The lowest BCUT2D eigenvalue weighted by Crippen LogP contribution is -2.19. The van der Waals surface area contributed by atoms with Gasteiger partial charge in [-0.25, -0.2) is 4.98 Å². The Bertz CT molecular complexity index is 323. The molecule has 1 aromatic rings. The summed E-state index contributed by atoms with van der Waals surface area (Å²) < 4.78 is 36.8. The monoisotopic (exact) mass is 220 g/mol. The van der Waals surface area contributed by atoms with Crippen LogP contribution in [0.4, 0.5) is 13.2 Å². The van der Waals surface area contributed by atoms with Crippen molar-refractivity contribution >= 4 is 0 Å². The topological polar surface area (TPSA) is 59.1 Å². The van der Waals surface area contributed by atoms with Gasteiger partial charge in [0.25, 0.3) is 0 Å². The minimum atomic E-state index is -4.47. The number of nitrogens with two attached hydrogens (primary N) is 1. The van der Waals surface area contributed by atoms with Crippen LogP contribution in [0.5, 0.6) is 0 Å². The number of alkyl halides is 3. The summed E-state index contributed by atoms with van der Waals surface area (Å²) in [4.78, 5) is 3.42. The molecule has 0 radical (unpaired) electrons. The van der Waals surface area contributed by atoms with E-state index in [9.17, 15) is 13.2 Å². The maximum absolute atomic E-state index is 12.3. The van der Waals surface area contributed by atoms with Gasteiger partial charge in [-0.2, -0.15) is 13.2 Å². The van der Waals surface area contributed by atoms with E-state index in [1.807, 2.05) is 0 Å². The highest BCUT2D eigenvalue weighted by Crippen LogP contribution is 2.28. The van der Waals surface area contributed by atoms with E-state index in [2.05, 4.69) is 4.98 Å². The second kappa shape index (κ2) is 4.59. The zero-order valence-electron chi connectivity index (χ0n) is 7.83. The zero-order chi connectivity index (χ0) is 11.5. The van der Waals surface area contributed by atoms with Crippen molar-refractivity contribution in [1.82, 2.24) is 4.98 Å². The molecule has 1 atom stereocenters. The summed E-state index contributed by atoms with van der Waals surface area (Å²) in [5.41, 5.74) is 4.49. The Labute approximate surface area is 84.7 Å². The van der Waals surface area contributed by atoms with E-state index in [0.29, 0.717) is 0 Å². The van der Waals surface area contributed by atoms with E-state index >= 15 is 0 Å². The Balaban J connectivity index is 3.02. The molecule has 0 saturated heterocycles. The lowest BCUT2D eigenvalue weighted by molar-refractivity contribution is -0.141. The molecule has 0 aromatic carbocycles. The maximum atomic E-state index is 12.3. The fourth-order valence-electron chi connectivity index (χ4n) is 1.13. The first-order valence-corrected chi connectivity index (χ1v) is 4.34. The van der Waals surface area contributed by atoms with Gasteiger partial charge in [-0.1, -0.05) is 6.07 Å². The number of rotatable bonds is 3. The number of pyridine rings is 1. The van der Waals surface area contributed by atoms with Gasteiger partial charge in [0.15, 0.2) is 0 Å². The molecule has 0 aliphatic heterocycles. The van der Waals surface area contributed by atoms with Crippen LogP contribution in [0.2, 0.25) is 0 Å². The smallest absolute Gasteiger partial charge is 0.396 e.